The first-order chi connectivity index (χ1) is 14.8. The third-order valence-electron chi connectivity index (χ3n) is 10.9. The van der Waals surface area contributed by atoms with Crippen molar-refractivity contribution in [3.8, 4) is 0 Å². The van der Waals surface area contributed by atoms with Crippen LogP contribution in [0.15, 0.2) is 0 Å². The van der Waals surface area contributed by atoms with E-state index in [2.05, 4.69) is 26.1 Å². The van der Waals surface area contributed by atoms with E-state index in [0.29, 0.717) is 36.1 Å². The van der Waals surface area contributed by atoms with E-state index >= 15 is 0 Å². The Labute approximate surface area is 190 Å². The summed E-state index contributed by atoms with van der Waals surface area (Å²) in [4.78, 5) is 12.2. The van der Waals surface area contributed by atoms with Crippen molar-refractivity contribution in [3.63, 3.8) is 0 Å². The molecule has 4 aliphatic rings. The third-order valence-corrected chi connectivity index (χ3v) is 10.9. The van der Waals surface area contributed by atoms with Gasteiger partial charge < -0.3 is 15.5 Å². The van der Waals surface area contributed by atoms with Crippen LogP contribution in [-0.2, 0) is 4.79 Å². The van der Waals surface area contributed by atoms with Crippen LogP contribution in [0.25, 0.3) is 0 Å². The lowest BCUT2D eigenvalue weighted by Crippen LogP contribution is -2.54. The lowest BCUT2D eigenvalue weighted by Gasteiger charge is -2.61. The zero-order valence-corrected chi connectivity index (χ0v) is 20.2. The Kier molecular flexibility index (Phi) is 7.09. The van der Waals surface area contributed by atoms with E-state index in [-0.39, 0.29) is 18.6 Å². The average molecular weight is 434 g/mol. The summed E-state index contributed by atoms with van der Waals surface area (Å²) in [5.74, 6) is 4.85. The molecule has 4 heteroatoms. The van der Waals surface area contributed by atoms with Crippen LogP contribution >= 0.6 is 0 Å². The lowest BCUT2D eigenvalue weighted by atomic mass is 9.44. The molecule has 0 bridgehead atoms. The van der Waals surface area contributed by atoms with E-state index in [9.17, 15) is 9.90 Å². The van der Waals surface area contributed by atoms with Gasteiger partial charge in [0.05, 0.1) is 6.10 Å². The monoisotopic (exact) mass is 433 g/mol. The molecule has 4 saturated carbocycles. The Bertz CT molecular complexity index is 638. The molecule has 4 nitrogen and oxygen atoms in total. The smallest absolute Gasteiger partial charge is 0.220 e. The maximum absolute atomic E-state index is 12.2. The summed E-state index contributed by atoms with van der Waals surface area (Å²) in [6, 6.07) is 0. The van der Waals surface area contributed by atoms with Crippen LogP contribution in [0, 0.1) is 46.3 Å². The zero-order valence-electron chi connectivity index (χ0n) is 20.2. The van der Waals surface area contributed by atoms with Crippen LogP contribution < -0.4 is 5.32 Å². The molecule has 3 N–H and O–H groups in total. The molecule has 178 valence electrons. The molecule has 0 aliphatic heterocycles. The number of carbonyl (C=O) groups is 1. The molecule has 4 rings (SSSR count). The van der Waals surface area contributed by atoms with Gasteiger partial charge >= 0.3 is 0 Å². The van der Waals surface area contributed by atoms with Gasteiger partial charge in [-0.05, 0) is 117 Å². The second-order valence-corrected chi connectivity index (χ2v) is 12.3. The highest BCUT2D eigenvalue weighted by molar-refractivity contribution is 5.75. The van der Waals surface area contributed by atoms with Crippen molar-refractivity contribution in [2.45, 2.75) is 104 Å². The Morgan fingerprint density at radius 1 is 1.03 bits per heavy atom. The molecule has 4 fully saturated rings. The second kappa shape index (κ2) is 9.33. The molecular formula is C27H47NO3. The summed E-state index contributed by atoms with van der Waals surface area (Å²) < 4.78 is 0. The topological polar surface area (TPSA) is 69.6 Å². The highest BCUT2D eigenvalue weighted by atomic mass is 16.3. The molecule has 0 heterocycles. The summed E-state index contributed by atoms with van der Waals surface area (Å²) in [6.45, 7) is 8.30. The number of carbonyl (C=O) groups excluding carboxylic acids is 1. The molecule has 0 aromatic rings. The van der Waals surface area contributed by atoms with Crippen molar-refractivity contribution >= 4 is 5.91 Å². The summed E-state index contributed by atoms with van der Waals surface area (Å²) in [5.41, 5.74) is 0.908. The molecule has 1 amide bonds. The van der Waals surface area contributed by atoms with Gasteiger partial charge in [0.25, 0.3) is 0 Å². The van der Waals surface area contributed by atoms with Crippen LogP contribution in [0.5, 0.6) is 0 Å². The lowest BCUT2D eigenvalue weighted by molar-refractivity contribution is -0.129. The minimum atomic E-state index is -0.0546. The SMILES string of the molecule is C[C@H](CCC(=O)NCCCO)[C@H]1CC[C@H]2[C@@H]3CC[C@@H]4C[C@H](O)CC[C@]4(C)[C@H]3CC[C@]12C. The van der Waals surface area contributed by atoms with Crippen molar-refractivity contribution in [1.82, 2.24) is 5.32 Å². The first-order valence-corrected chi connectivity index (χ1v) is 13.3. The number of aliphatic hydroxyl groups excluding tert-OH is 2. The van der Waals surface area contributed by atoms with Gasteiger partial charge in [0.2, 0.25) is 5.91 Å². The molecule has 31 heavy (non-hydrogen) atoms. The summed E-state index contributed by atoms with van der Waals surface area (Å²) in [5, 5.41) is 22.1. The normalized spacial score (nSPS) is 45.3. The van der Waals surface area contributed by atoms with Crippen LogP contribution in [0.1, 0.15) is 97.8 Å². The fraction of sp³-hybridized carbons (Fsp3) is 0.963. The predicted octanol–water partition coefficient (Wildman–Crippen LogP) is 4.92. The number of nitrogens with one attached hydrogen (secondary N) is 1. The van der Waals surface area contributed by atoms with E-state index in [1.807, 2.05) is 0 Å². The molecule has 0 radical (unpaired) electrons. The quantitative estimate of drug-likeness (QED) is 0.499. The Morgan fingerprint density at radius 2 is 1.77 bits per heavy atom. The number of amides is 1. The highest BCUT2D eigenvalue weighted by Gasteiger charge is 2.60. The largest absolute Gasteiger partial charge is 0.396 e. The van der Waals surface area contributed by atoms with E-state index in [1.54, 1.807) is 0 Å². The Balaban J connectivity index is 1.38. The summed E-state index contributed by atoms with van der Waals surface area (Å²) in [7, 11) is 0. The number of hydrogen-bond donors (Lipinski definition) is 3. The molecule has 9 atom stereocenters. The van der Waals surface area contributed by atoms with Crippen LogP contribution in [0.4, 0.5) is 0 Å². The van der Waals surface area contributed by atoms with E-state index < -0.39 is 0 Å². The van der Waals surface area contributed by atoms with Gasteiger partial charge in [-0.3, -0.25) is 4.79 Å². The van der Waals surface area contributed by atoms with Crippen molar-refractivity contribution in [3.05, 3.63) is 0 Å². The van der Waals surface area contributed by atoms with Crippen molar-refractivity contribution < 1.29 is 15.0 Å². The van der Waals surface area contributed by atoms with E-state index in [0.717, 1.165) is 48.9 Å². The first-order valence-electron chi connectivity index (χ1n) is 13.3. The van der Waals surface area contributed by atoms with Gasteiger partial charge in [-0.15, -0.1) is 0 Å². The summed E-state index contributed by atoms with van der Waals surface area (Å²) >= 11 is 0. The summed E-state index contributed by atoms with van der Waals surface area (Å²) in [6.07, 6.45) is 13.7. The molecular weight excluding hydrogens is 386 g/mol. The van der Waals surface area contributed by atoms with E-state index in [4.69, 9.17) is 5.11 Å². The second-order valence-electron chi connectivity index (χ2n) is 12.3. The van der Waals surface area contributed by atoms with Gasteiger partial charge in [0.15, 0.2) is 0 Å². The number of hydrogen-bond acceptors (Lipinski definition) is 3. The van der Waals surface area contributed by atoms with Gasteiger partial charge in [-0.25, -0.2) is 0 Å². The minimum Gasteiger partial charge on any atom is -0.396 e. The van der Waals surface area contributed by atoms with Gasteiger partial charge in [0, 0.05) is 19.6 Å². The maximum Gasteiger partial charge on any atom is 0.220 e. The molecule has 0 aromatic heterocycles. The van der Waals surface area contributed by atoms with Crippen LogP contribution in [-0.4, -0.2) is 35.4 Å². The third kappa shape index (κ3) is 4.33. The van der Waals surface area contributed by atoms with Gasteiger partial charge in [0.1, 0.15) is 0 Å². The van der Waals surface area contributed by atoms with Crippen LogP contribution in [0.3, 0.4) is 0 Å². The number of aliphatic hydroxyl groups is 2. The Morgan fingerprint density at radius 3 is 2.55 bits per heavy atom. The van der Waals surface area contributed by atoms with Gasteiger partial charge in [-0.1, -0.05) is 20.8 Å². The van der Waals surface area contributed by atoms with Crippen molar-refractivity contribution in [1.29, 1.82) is 0 Å². The number of fused-ring (bicyclic) bond motifs is 5. The molecule has 0 unspecified atom stereocenters. The first kappa shape index (κ1) is 23.5. The maximum atomic E-state index is 12.2. The fourth-order valence-electron chi connectivity index (χ4n) is 9.17. The van der Waals surface area contributed by atoms with E-state index in [1.165, 1.54) is 44.9 Å². The van der Waals surface area contributed by atoms with Crippen LogP contribution in [0.2, 0.25) is 0 Å². The molecule has 0 saturated heterocycles. The molecule has 0 aromatic carbocycles. The fourth-order valence-corrected chi connectivity index (χ4v) is 9.17. The average Bonchev–Trinajstić information content (AvgIpc) is 3.10. The Hall–Kier alpha value is -0.610. The van der Waals surface area contributed by atoms with Crippen molar-refractivity contribution in [2.24, 2.45) is 46.3 Å². The highest BCUT2D eigenvalue weighted by Crippen LogP contribution is 2.68. The van der Waals surface area contributed by atoms with Gasteiger partial charge in [-0.2, -0.15) is 0 Å². The number of rotatable bonds is 7. The predicted molar refractivity (Wildman–Crippen MR) is 124 cm³/mol. The molecule has 0 spiro atoms. The van der Waals surface area contributed by atoms with Crippen molar-refractivity contribution in [2.75, 3.05) is 13.2 Å². The standard InChI is InChI=1S/C27H47NO3/c1-18(5-10-25(31)28-15-4-16-29)22-8-9-23-21-7-6-19-17-20(30)11-13-26(19,2)24(21)12-14-27(22,23)3/h18-24,29-30H,4-17H2,1-3H3,(H,28,31)/t18-,19-,20-,21+,22-,23+,24+,26+,27-/m1/s1. The molecule has 4 aliphatic carbocycles. The minimum absolute atomic E-state index is 0.0546. The zero-order chi connectivity index (χ0) is 22.2.